The molecule has 6 nitrogen and oxygen atoms in total. The lowest BCUT2D eigenvalue weighted by atomic mass is 10.0. The van der Waals surface area contributed by atoms with E-state index in [1.165, 1.54) is 11.3 Å². The number of hydrogen-bond acceptors (Lipinski definition) is 6. The smallest absolute Gasteiger partial charge is 0.270 e. The van der Waals surface area contributed by atoms with Crippen molar-refractivity contribution in [3.05, 3.63) is 16.1 Å². The predicted molar refractivity (Wildman–Crippen MR) is 93.4 cm³/mol. The largest absolute Gasteiger partial charge is 0.381 e. The van der Waals surface area contributed by atoms with Crippen molar-refractivity contribution >= 4 is 29.7 Å². The number of amides is 1. The molecule has 3 N–H and O–H groups in total. The van der Waals surface area contributed by atoms with Gasteiger partial charge in [-0.2, -0.15) is 0 Å². The van der Waals surface area contributed by atoms with Gasteiger partial charge in [-0.25, -0.2) is 4.98 Å². The number of nitrogens with two attached hydrogens (primary N) is 1. The highest BCUT2D eigenvalue weighted by molar-refractivity contribution is 7.09. The molecule has 1 aromatic heterocycles. The zero-order valence-corrected chi connectivity index (χ0v) is 14.9. The van der Waals surface area contributed by atoms with Gasteiger partial charge in [0, 0.05) is 44.8 Å². The zero-order chi connectivity index (χ0) is 15.6. The van der Waals surface area contributed by atoms with Gasteiger partial charge < -0.3 is 20.5 Å². The molecule has 23 heavy (non-hydrogen) atoms. The molecule has 0 aromatic carbocycles. The summed E-state index contributed by atoms with van der Waals surface area (Å²) in [5.74, 6) is 0.503. The number of carbonyl (C=O) groups excluding carboxylic acids is 1. The Hall–Kier alpha value is -0.730. The number of aromatic nitrogens is 1. The third-order valence-corrected chi connectivity index (χ3v) is 4.50. The van der Waals surface area contributed by atoms with Crippen molar-refractivity contribution < 1.29 is 14.3 Å². The van der Waals surface area contributed by atoms with Gasteiger partial charge in [0.25, 0.3) is 5.91 Å². The van der Waals surface area contributed by atoms with Gasteiger partial charge in [0.05, 0.1) is 5.01 Å². The molecule has 1 aliphatic rings. The van der Waals surface area contributed by atoms with Gasteiger partial charge in [-0.05, 0) is 31.7 Å². The molecule has 0 bridgehead atoms. The highest BCUT2D eigenvalue weighted by Gasteiger charge is 2.13. The molecule has 1 aliphatic heterocycles. The van der Waals surface area contributed by atoms with Crippen LogP contribution < -0.4 is 11.1 Å². The summed E-state index contributed by atoms with van der Waals surface area (Å²) in [5.41, 5.74) is 5.95. The van der Waals surface area contributed by atoms with E-state index in [1.807, 2.05) is 0 Å². The van der Waals surface area contributed by atoms with Crippen molar-refractivity contribution in [2.45, 2.75) is 25.7 Å². The fourth-order valence-corrected chi connectivity index (χ4v) is 3.08. The number of hydrogen-bond donors (Lipinski definition) is 2. The van der Waals surface area contributed by atoms with Gasteiger partial charge in [0.15, 0.2) is 0 Å². The highest BCUT2D eigenvalue weighted by atomic mass is 35.5. The van der Waals surface area contributed by atoms with Crippen LogP contribution in [0.3, 0.4) is 0 Å². The Morgan fingerprint density at radius 1 is 1.48 bits per heavy atom. The quantitative estimate of drug-likeness (QED) is 0.651. The maximum absolute atomic E-state index is 11.9. The van der Waals surface area contributed by atoms with Crippen LogP contribution in [0.25, 0.3) is 0 Å². The van der Waals surface area contributed by atoms with Crippen molar-refractivity contribution in [1.29, 1.82) is 0 Å². The van der Waals surface area contributed by atoms with Gasteiger partial charge in [0.1, 0.15) is 5.69 Å². The third kappa shape index (κ3) is 7.58. The van der Waals surface area contributed by atoms with Gasteiger partial charge in [-0.1, -0.05) is 0 Å². The van der Waals surface area contributed by atoms with E-state index in [0.717, 1.165) is 50.5 Å². The Labute approximate surface area is 147 Å². The van der Waals surface area contributed by atoms with Crippen LogP contribution in [-0.4, -0.2) is 50.4 Å². The fraction of sp³-hybridized carbons (Fsp3) is 0.733. The first-order chi connectivity index (χ1) is 10.8. The van der Waals surface area contributed by atoms with Gasteiger partial charge in [0.2, 0.25) is 0 Å². The van der Waals surface area contributed by atoms with E-state index in [9.17, 15) is 4.79 Å². The lowest BCUT2D eigenvalue weighted by Gasteiger charge is -2.21. The molecule has 0 spiro atoms. The van der Waals surface area contributed by atoms with Crippen LogP contribution in [0.2, 0.25) is 0 Å². The Morgan fingerprint density at radius 3 is 3.00 bits per heavy atom. The molecule has 2 rings (SSSR count). The van der Waals surface area contributed by atoms with E-state index in [2.05, 4.69) is 10.3 Å². The SMILES string of the molecule is Cl.NCCc1nc(C(=O)NCCCOCC2CCOCC2)cs1. The van der Waals surface area contributed by atoms with E-state index in [0.29, 0.717) is 31.3 Å². The summed E-state index contributed by atoms with van der Waals surface area (Å²) in [6.07, 6.45) is 3.71. The van der Waals surface area contributed by atoms with Crippen LogP contribution >= 0.6 is 23.7 Å². The normalized spacial score (nSPS) is 15.2. The summed E-state index contributed by atoms with van der Waals surface area (Å²) in [6.45, 7) is 4.34. The number of nitrogens with zero attached hydrogens (tertiary/aromatic N) is 1. The minimum Gasteiger partial charge on any atom is -0.381 e. The Morgan fingerprint density at radius 2 is 2.26 bits per heavy atom. The second kappa shape index (κ2) is 11.8. The summed E-state index contributed by atoms with van der Waals surface area (Å²) < 4.78 is 11.0. The minimum atomic E-state index is -0.121. The summed E-state index contributed by atoms with van der Waals surface area (Å²) in [7, 11) is 0. The molecule has 0 unspecified atom stereocenters. The van der Waals surface area contributed by atoms with Crippen molar-refractivity contribution in [3.8, 4) is 0 Å². The molecule has 0 atom stereocenters. The molecule has 0 saturated carbocycles. The lowest BCUT2D eigenvalue weighted by Crippen LogP contribution is -2.26. The second-order valence-electron chi connectivity index (χ2n) is 5.41. The summed E-state index contributed by atoms with van der Waals surface area (Å²) in [6, 6.07) is 0. The van der Waals surface area contributed by atoms with Crippen LogP contribution in [0.1, 0.15) is 34.8 Å². The maximum Gasteiger partial charge on any atom is 0.270 e. The average Bonchev–Trinajstić information content (AvgIpc) is 3.01. The maximum atomic E-state index is 11.9. The number of halogens is 1. The molecular weight excluding hydrogens is 338 g/mol. The third-order valence-electron chi connectivity index (χ3n) is 3.59. The van der Waals surface area contributed by atoms with Crippen LogP contribution in [0.15, 0.2) is 5.38 Å². The first kappa shape index (κ1) is 20.3. The first-order valence-corrected chi connectivity index (χ1v) is 8.75. The van der Waals surface area contributed by atoms with Crippen molar-refractivity contribution in [1.82, 2.24) is 10.3 Å². The van der Waals surface area contributed by atoms with Crippen LogP contribution in [0.5, 0.6) is 0 Å². The number of carbonyl (C=O) groups is 1. The molecule has 1 amide bonds. The number of ether oxygens (including phenoxy) is 2. The van der Waals surface area contributed by atoms with Gasteiger partial charge in [-0.15, -0.1) is 23.7 Å². The van der Waals surface area contributed by atoms with Crippen LogP contribution in [0.4, 0.5) is 0 Å². The Kier molecular flexibility index (Phi) is 10.4. The topological polar surface area (TPSA) is 86.5 Å². The van der Waals surface area contributed by atoms with E-state index in [4.69, 9.17) is 15.2 Å². The second-order valence-corrected chi connectivity index (χ2v) is 6.35. The van der Waals surface area contributed by atoms with Gasteiger partial charge >= 0.3 is 0 Å². The monoisotopic (exact) mass is 363 g/mol. The van der Waals surface area contributed by atoms with Crippen LogP contribution in [0, 0.1) is 5.92 Å². The lowest BCUT2D eigenvalue weighted by molar-refractivity contribution is 0.0202. The molecule has 1 fully saturated rings. The molecule has 8 heteroatoms. The summed E-state index contributed by atoms with van der Waals surface area (Å²) in [5, 5.41) is 5.56. The Balaban J connectivity index is 0.00000264. The molecular formula is C15H26ClN3O3S. The predicted octanol–water partition coefficient (Wildman–Crippen LogP) is 1.63. The molecule has 0 aliphatic carbocycles. The van der Waals surface area contributed by atoms with E-state index in [-0.39, 0.29) is 18.3 Å². The van der Waals surface area contributed by atoms with Crippen LogP contribution in [-0.2, 0) is 15.9 Å². The van der Waals surface area contributed by atoms with Crippen molar-refractivity contribution in [3.63, 3.8) is 0 Å². The fourth-order valence-electron chi connectivity index (χ4n) is 2.28. The van der Waals surface area contributed by atoms with E-state index in [1.54, 1.807) is 5.38 Å². The van der Waals surface area contributed by atoms with Crippen molar-refractivity contribution in [2.24, 2.45) is 11.7 Å². The first-order valence-electron chi connectivity index (χ1n) is 7.87. The van der Waals surface area contributed by atoms with Crippen molar-refractivity contribution in [2.75, 3.05) is 39.5 Å². The minimum absolute atomic E-state index is 0. The molecule has 132 valence electrons. The van der Waals surface area contributed by atoms with Gasteiger partial charge in [-0.3, -0.25) is 4.79 Å². The number of nitrogens with one attached hydrogen (secondary N) is 1. The highest BCUT2D eigenvalue weighted by Crippen LogP contribution is 2.14. The molecule has 1 aromatic rings. The molecule has 0 radical (unpaired) electrons. The summed E-state index contributed by atoms with van der Waals surface area (Å²) in [4.78, 5) is 16.1. The molecule has 1 saturated heterocycles. The standard InChI is InChI=1S/C15H25N3O3S.ClH/c16-5-2-14-18-13(11-22-14)15(19)17-6-1-7-21-10-12-3-8-20-9-4-12;/h11-12H,1-10,16H2,(H,17,19);1H. The average molecular weight is 364 g/mol. The molecule has 2 heterocycles. The number of thiazole rings is 1. The summed E-state index contributed by atoms with van der Waals surface area (Å²) >= 11 is 1.48. The zero-order valence-electron chi connectivity index (χ0n) is 13.3. The number of rotatable bonds is 9. The Bertz CT molecular complexity index is 453. The van der Waals surface area contributed by atoms with E-state index >= 15 is 0 Å². The van der Waals surface area contributed by atoms with E-state index < -0.39 is 0 Å².